The first-order valence-electron chi connectivity index (χ1n) is 12.9. The van der Waals surface area contributed by atoms with Gasteiger partial charge in [0, 0.05) is 0 Å². The molecule has 0 heteroatoms. The van der Waals surface area contributed by atoms with Gasteiger partial charge in [-0.05, 0) is 109 Å². The Kier molecular flexibility index (Phi) is 5.95. The monoisotopic (exact) mass is 394 g/mol. The van der Waals surface area contributed by atoms with Crippen molar-refractivity contribution in [3.8, 4) is 0 Å². The maximum atomic E-state index is 2.69. The smallest absolute Gasteiger partial charge is 0.00445 e. The highest BCUT2D eigenvalue weighted by atomic mass is 14.6. The Labute approximate surface area is 181 Å². The predicted octanol–water partition coefficient (Wildman–Crippen LogP) is 8.61. The predicted molar refractivity (Wildman–Crippen MR) is 127 cm³/mol. The molecule has 0 aromatic heterocycles. The SMILES string of the molecule is CCC(C=C[C@H](C)[C@H]1CC[C@H]2[C@@H]3CC=C4C=CCC[C@]4(C)[C@H]3CC[C@]12C)C(C)C. The molecular formula is C29H46. The van der Waals surface area contributed by atoms with Gasteiger partial charge in [-0.15, -0.1) is 0 Å². The first-order chi connectivity index (χ1) is 13.8. The highest BCUT2D eigenvalue weighted by molar-refractivity contribution is 5.34. The van der Waals surface area contributed by atoms with Gasteiger partial charge in [0.2, 0.25) is 0 Å². The van der Waals surface area contributed by atoms with Crippen molar-refractivity contribution < 1.29 is 0 Å². The Morgan fingerprint density at radius 1 is 1.03 bits per heavy atom. The molecule has 4 aliphatic carbocycles. The molecule has 162 valence electrons. The third kappa shape index (κ3) is 3.51. The third-order valence-electron chi connectivity index (χ3n) is 10.4. The quantitative estimate of drug-likeness (QED) is 0.409. The van der Waals surface area contributed by atoms with Crippen molar-refractivity contribution in [3.05, 3.63) is 36.0 Å². The van der Waals surface area contributed by atoms with E-state index in [4.69, 9.17) is 0 Å². The van der Waals surface area contributed by atoms with Crippen molar-refractivity contribution in [2.75, 3.05) is 0 Å². The largest absolute Gasteiger partial charge is 0.0851 e. The lowest BCUT2D eigenvalue weighted by molar-refractivity contribution is -0.0410. The second-order valence-electron chi connectivity index (χ2n) is 11.9. The van der Waals surface area contributed by atoms with Crippen LogP contribution in [0.1, 0.15) is 92.9 Å². The molecular weight excluding hydrogens is 348 g/mol. The maximum absolute atomic E-state index is 2.69. The second-order valence-corrected chi connectivity index (χ2v) is 11.9. The van der Waals surface area contributed by atoms with Crippen LogP contribution in [0, 0.1) is 52.3 Å². The van der Waals surface area contributed by atoms with Crippen molar-refractivity contribution in [1.29, 1.82) is 0 Å². The number of rotatable bonds is 5. The highest BCUT2D eigenvalue weighted by Gasteiger charge is 2.58. The fourth-order valence-electron chi connectivity index (χ4n) is 8.49. The third-order valence-corrected chi connectivity index (χ3v) is 10.4. The Morgan fingerprint density at radius 2 is 1.83 bits per heavy atom. The second kappa shape index (κ2) is 8.05. The molecule has 2 saturated carbocycles. The van der Waals surface area contributed by atoms with E-state index in [0.717, 1.165) is 41.4 Å². The van der Waals surface area contributed by atoms with E-state index in [0.29, 0.717) is 10.8 Å². The van der Waals surface area contributed by atoms with Crippen LogP contribution < -0.4 is 0 Å². The standard InChI is InChI=1S/C29H46/c1-7-22(20(2)3)12-11-21(4)25-15-16-26-24-14-13-23-10-8-9-18-28(23,5)27(24)17-19-29(25,26)6/h8,10-13,20-22,24-27H,7,9,14-19H2,1-6H3/t21-,22?,24-,25+,26-,27-,28-,29+/m0/s1. The maximum Gasteiger partial charge on any atom is -0.00445 e. The molecule has 0 bridgehead atoms. The lowest BCUT2D eigenvalue weighted by Crippen LogP contribution is -2.49. The molecule has 0 nitrogen and oxygen atoms in total. The molecule has 0 heterocycles. The van der Waals surface area contributed by atoms with Crippen LogP contribution >= 0.6 is 0 Å². The van der Waals surface area contributed by atoms with E-state index in [9.17, 15) is 0 Å². The van der Waals surface area contributed by atoms with E-state index in [1.54, 1.807) is 5.57 Å². The number of fused-ring (bicyclic) bond motifs is 5. The molecule has 4 aliphatic rings. The fourth-order valence-corrected chi connectivity index (χ4v) is 8.49. The molecule has 0 N–H and O–H groups in total. The fraction of sp³-hybridized carbons (Fsp3) is 0.793. The summed E-state index contributed by atoms with van der Waals surface area (Å²) in [4.78, 5) is 0. The Morgan fingerprint density at radius 3 is 2.55 bits per heavy atom. The number of hydrogen-bond donors (Lipinski definition) is 0. The van der Waals surface area contributed by atoms with Gasteiger partial charge in [0.25, 0.3) is 0 Å². The van der Waals surface area contributed by atoms with E-state index < -0.39 is 0 Å². The zero-order valence-electron chi connectivity index (χ0n) is 20.1. The van der Waals surface area contributed by atoms with Gasteiger partial charge in [-0.25, -0.2) is 0 Å². The number of allylic oxidation sites excluding steroid dienone is 6. The van der Waals surface area contributed by atoms with Crippen LogP contribution in [0.4, 0.5) is 0 Å². The molecule has 0 aromatic carbocycles. The summed E-state index contributed by atoms with van der Waals surface area (Å²) in [5.41, 5.74) is 2.71. The van der Waals surface area contributed by atoms with Crippen LogP contribution in [0.2, 0.25) is 0 Å². The summed E-state index contributed by atoms with van der Waals surface area (Å²) >= 11 is 0. The average Bonchev–Trinajstić information content (AvgIpc) is 3.05. The minimum absolute atomic E-state index is 0.466. The first kappa shape index (κ1) is 21.5. The molecule has 0 aromatic rings. The lowest BCUT2D eigenvalue weighted by atomic mass is 9.47. The first-order valence-corrected chi connectivity index (χ1v) is 12.9. The van der Waals surface area contributed by atoms with Crippen LogP contribution in [-0.4, -0.2) is 0 Å². The molecule has 8 atom stereocenters. The van der Waals surface area contributed by atoms with Crippen molar-refractivity contribution in [2.24, 2.45) is 52.3 Å². The molecule has 29 heavy (non-hydrogen) atoms. The Balaban J connectivity index is 1.53. The van der Waals surface area contributed by atoms with Gasteiger partial charge < -0.3 is 0 Å². The van der Waals surface area contributed by atoms with E-state index in [1.165, 1.54) is 51.4 Å². The van der Waals surface area contributed by atoms with Gasteiger partial charge in [0.05, 0.1) is 0 Å². The molecule has 2 fully saturated rings. The summed E-state index contributed by atoms with van der Waals surface area (Å²) in [7, 11) is 0. The van der Waals surface area contributed by atoms with Gasteiger partial charge in [0.1, 0.15) is 0 Å². The molecule has 0 radical (unpaired) electrons. The Bertz CT molecular complexity index is 678. The van der Waals surface area contributed by atoms with E-state index in [2.05, 4.69) is 71.9 Å². The summed E-state index contributed by atoms with van der Waals surface area (Å²) in [5.74, 6) is 5.96. The van der Waals surface area contributed by atoms with Crippen molar-refractivity contribution >= 4 is 0 Å². The average molecular weight is 395 g/mol. The van der Waals surface area contributed by atoms with E-state index in [1.807, 2.05) is 0 Å². The minimum Gasteiger partial charge on any atom is -0.0851 e. The zero-order chi connectivity index (χ0) is 20.8. The van der Waals surface area contributed by atoms with E-state index >= 15 is 0 Å². The van der Waals surface area contributed by atoms with Crippen molar-refractivity contribution in [3.63, 3.8) is 0 Å². The molecule has 0 aliphatic heterocycles. The molecule has 0 saturated heterocycles. The summed E-state index contributed by atoms with van der Waals surface area (Å²) in [5, 5.41) is 0. The van der Waals surface area contributed by atoms with Crippen molar-refractivity contribution in [1.82, 2.24) is 0 Å². The van der Waals surface area contributed by atoms with Crippen LogP contribution in [0.15, 0.2) is 36.0 Å². The van der Waals surface area contributed by atoms with Crippen LogP contribution in [0.25, 0.3) is 0 Å². The molecule has 0 spiro atoms. The molecule has 1 unspecified atom stereocenters. The van der Waals surface area contributed by atoms with Crippen LogP contribution in [0.5, 0.6) is 0 Å². The summed E-state index contributed by atoms with van der Waals surface area (Å²) < 4.78 is 0. The van der Waals surface area contributed by atoms with Crippen LogP contribution in [-0.2, 0) is 0 Å². The van der Waals surface area contributed by atoms with Gasteiger partial charge in [-0.3, -0.25) is 0 Å². The molecule has 0 amide bonds. The summed E-state index contributed by atoms with van der Waals surface area (Å²) in [6, 6.07) is 0. The lowest BCUT2D eigenvalue weighted by Gasteiger charge is -2.57. The summed E-state index contributed by atoms with van der Waals surface area (Å²) in [6.45, 7) is 14.9. The normalized spacial score (nSPS) is 43.6. The topological polar surface area (TPSA) is 0 Å². The minimum atomic E-state index is 0.466. The van der Waals surface area contributed by atoms with E-state index in [-0.39, 0.29) is 0 Å². The number of hydrogen-bond acceptors (Lipinski definition) is 0. The van der Waals surface area contributed by atoms with Crippen LogP contribution in [0.3, 0.4) is 0 Å². The highest BCUT2D eigenvalue weighted by Crippen LogP contribution is 2.66. The van der Waals surface area contributed by atoms with Gasteiger partial charge in [-0.1, -0.05) is 71.9 Å². The molecule has 4 rings (SSSR count). The van der Waals surface area contributed by atoms with Gasteiger partial charge in [0.15, 0.2) is 0 Å². The van der Waals surface area contributed by atoms with Gasteiger partial charge in [-0.2, -0.15) is 0 Å². The Hall–Kier alpha value is -0.780. The zero-order valence-corrected chi connectivity index (χ0v) is 20.1. The van der Waals surface area contributed by atoms with Gasteiger partial charge >= 0.3 is 0 Å². The summed E-state index contributed by atoms with van der Waals surface area (Å²) in [6.07, 6.45) is 23.9. The van der Waals surface area contributed by atoms with Crippen molar-refractivity contribution in [2.45, 2.75) is 92.9 Å².